The smallest absolute Gasteiger partial charge is 0.410 e. The molecule has 3 rings (SSSR count). The molecule has 2 amide bonds. The molecule has 0 saturated carbocycles. The number of hydrogen-bond donors (Lipinski definition) is 1. The van der Waals surface area contributed by atoms with Crippen molar-refractivity contribution in [3.63, 3.8) is 0 Å². The van der Waals surface area contributed by atoms with Crippen molar-refractivity contribution < 1.29 is 22.7 Å². The van der Waals surface area contributed by atoms with Crippen LogP contribution in [0.1, 0.15) is 95.1 Å². The minimum Gasteiger partial charge on any atom is -0.445 e. The highest BCUT2D eigenvalue weighted by Gasteiger charge is 2.37. The van der Waals surface area contributed by atoms with Crippen molar-refractivity contribution in [1.29, 1.82) is 0 Å². The lowest BCUT2D eigenvalue weighted by Crippen LogP contribution is -2.47. The van der Waals surface area contributed by atoms with E-state index in [1.807, 2.05) is 42.5 Å². The fourth-order valence-electron chi connectivity index (χ4n) is 4.97. The molecule has 1 aliphatic rings. The molecule has 0 bridgehead atoms. The minimum absolute atomic E-state index is 0.0406. The zero-order valence-corrected chi connectivity index (χ0v) is 24.1. The number of carbonyl (C=O) groups excluding carboxylic acids is 2. The largest absolute Gasteiger partial charge is 0.445 e. The molecule has 0 aromatic heterocycles. The molecule has 1 atom stereocenters. The van der Waals surface area contributed by atoms with E-state index in [1.165, 1.54) is 62.7 Å². The molecule has 214 valence electrons. The highest BCUT2D eigenvalue weighted by Crippen LogP contribution is 2.21. The van der Waals surface area contributed by atoms with Crippen molar-refractivity contribution in [3.8, 4) is 0 Å². The Morgan fingerprint density at radius 3 is 2.10 bits per heavy atom. The summed E-state index contributed by atoms with van der Waals surface area (Å²) < 4.78 is 33.3. The van der Waals surface area contributed by atoms with Gasteiger partial charge in [-0.2, -0.15) is 0 Å². The van der Waals surface area contributed by atoms with E-state index in [4.69, 9.17) is 4.74 Å². The topological polar surface area (TPSA) is 92.8 Å². The van der Waals surface area contributed by atoms with Gasteiger partial charge in [0, 0.05) is 6.54 Å². The predicted octanol–water partition coefficient (Wildman–Crippen LogP) is 6.76. The summed E-state index contributed by atoms with van der Waals surface area (Å²) in [6.45, 7) is 2.68. The summed E-state index contributed by atoms with van der Waals surface area (Å²) in [5, 5.41) is 0. The van der Waals surface area contributed by atoms with Gasteiger partial charge in [0.25, 0.3) is 15.9 Å². The van der Waals surface area contributed by atoms with Gasteiger partial charge < -0.3 is 4.74 Å². The van der Waals surface area contributed by atoms with Crippen LogP contribution in [0.15, 0.2) is 59.5 Å². The van der Waals surface area contributed by atoms with Crippen LogP contribution in [0.4, 0.5) is 4.79 Å². The maximum Gasteiger partial charge on any atom is 0.410 e. The van der Waals surface area contributed by atoms with Gasteiger partial charge in [-0.15, -0.1) is 0 Å². The number of aryl methyl sites for hydroxylation is 1. The number of nitrogens with zero attached hydrogens (tertiary/aromatic N) is 1. The zero-order chi connectivity index (χ0) is 27.9. The van der Waals surface area contributed by atoms with E-state index < -0.39 is 28.1 Å². The Balaban J connectivity index is 1.41. The molecular formula is C31H44N2O5S. The zero-order valence-electron chi connectivity index (χ0n) is 23.3. The number of hydrogen-bond acceptors (Lipinski definition) is 5. The Kier molecular flexibility index (Phi) is 12.8. The Hall–Kier alpha value is -2.87. The molecule has 0 aliphatic carbocycles. The molecule has 1 saturated heterocycles. The molecule has 1 fully saturated rings. The van der Waals surface area contributed by atoms with Crippen LogP contribution in [0.2, 0.25) is 0 Å². The molecule has 1 N–H and O–H groups in total. The van der Waals surface area contributed by atoms with Gasteiger partial charge in [0.2, 0.25) is 0 Å². The van der Waals surface area contributed by atoms with E-state index in [-0.39, 0.29) is 11.5 Å². The highest BCUT2D eigenvalue weighted by molar-refractivity contribution is 7.90. The average molecular weight is 557 g/mol. The van der Waals surface area contributed by atoms with Crippen molar-refractivity contribution >= 4 is 22.0 Å². The molecule has 0 spiro atoms. The number of sulfonamides is 1. The van der Waals surface area contributed by atoms with Gasteiger partial charge >= 0.3 is 6.09 Å². The second kappa shape index (κ2) is 16.3. The quantitative estimate of drug-likeness (QED) is 0.231. The minimum atomic E-state index is -4.04. The maximum absolute atomic E-state index is 12.9. The average Bonchev–Trinajstić information content (AvgIpc) is 3.44. The summed E-state index contributed by atoms with van der Waals surface area (Å²) in [6, 6.07) is 15.1. The summed E-state index contributed by atoms with van der Waals surface area (Å²) in [7, 11) is -4.04. The van der Waals surface area contributed by atoms with E-state index in [1.54, 1.807) is 12.1 Å². The van der Waals surface area contributed by atoms with Gasteiger partial charge in [-0.25, -0.2) is 17.9 Å². The summed E-state index contributed by atoms with van der Waals surface area (Å²) in [4.78, 5) is 26.8. The first kappa shape index (κ1) is 30.7. The van der Waals surface area contributed by atoms with Crippen molar-refractivity contribution in [2.75, 3.05) is 6.54 Å². The number of likely N-dealkylation sites (tertiary alicyclic amines) is 1. The van der Waals surface area contributed by atoms with Crippen molar-refractivity contribution in [2.24, 2.45) is 0 Å². The molecule has 2 aromatic rings. The summed E-state index contributed by atoms with van der Waals surface area (Å²) in [5.41, 5.74) is 1.92. The number of ether oxygens (including phenoxy) is 1. The second-order valence-corrected chi connectivity index (χ2v) is 12.1. The lowest BCUT2D eigenvalue weighted by atomic mass is 10.0. The number of nitrogens with one attached hydrogen (secondary N) is 1. The third-order valence-corrected chi connectivity index (χ3v) is 8.65. The van der Waals surface area contributed by atoms with Crippen molar-refractivity contribution in [1.82, 2.24) is 9.62 Å². The monoisotopic (exact) mass is 556 g/mol. The van der Waals surface area contributed by atoms with Crippen LogP contribution in [0.25, 0.3) is 0 Å². The Bertz CT molecular complexity index is 1120. The number of amides is 2. The van der Waals surface area contributed by atoms with Crippen LogP contribution in [-0.4, -0.2) is 37.9 Å². The van der Waals surface area contributed by atoms with Crippen LogP contribution in [-0.2, 0) is 32.6 Å². The maximum atomic E-state index is 12.9. The summed E-state index contributed by atoms with van der Waals surface area (Å²) in [5.74, 6) is -0.710. The van der Waals surface area contributed by atoms with Gasteiger partial charge in [-0.05, 0) is 48.9 Å². The molecule has 0 unspecified atom stereocenters. The highest BCUT2D eigenvalue weighted by atomic mass is 32.2. The van der Waals surface area contributed by atoms with Gasteiger partial charge in [0.15, 0.2) is 0 Å². The lowest BCUT2D eigenvalue weighted by molar-refractivity contribution is -0.123. The van der Waals surface area contributed by atoms with E-state index in [9.17, 15) is 18.0 Å². The fraction of sp³-hybridized carbons (Fsp3) is 0.548. The standard InChI is InChI=1S/C31H44N2O5S/c1-2-3-4-5-6-7-8-9-10-12-16-26-20-22-28(23-21-26)39(36,37)32-30(34)29-19-15-24-33(29)31(35)38-25-27-17-13-11-14-18-27/h11,13-14,17-18,20-23,29H,2-10,12,15-16,19,24-25H2,1H3,(H,32,34)/t29-/m1/s1. The summed E-state index contributed by atoms with van der Waals surface area (Å²) in [6.07, 6.45) is 14.1. The Morgan fingerprint density at radius 2 is 1.46 bits per heavy atom. The molecule has 2 aromatic carbocycles. The third kappa shape index (κ3) is 10.3. The molecule has 1 heterocycles. The number of benzene rings is 2. The Labute approximate surface area is 234 Å². The normalized spacial score (nSPS) is 15.3. The van der Waals surface area contributed by atoms with E-state index in [0.717, 1.165) is 24.0 Å². The third-order valence-electron chi connectivity index (χ3n) is 7.28. The fourth-order valence-corrected chi connectivity index (χ4v) is 5.98. The van der Waals surface area contributed by atoms with Crippen molar-refractivity contribution in [2.45, 2.75) is 108 Å². The first-order valence-corrected chi connectivity index (χ1v) is 16.0. The van der Waals surface area contributed by atoms with Crippen LogP contribution in [0.5, 0.6) is 0 Å². The first-order valence-electron chi connectivity index (χ1n) is 14.5. The molecule has 1 aliphatic heterocycles. The van der Waals surface area contributed by atoms with Crippen LogP contribution < -0.4 is 4.72 Å². The number of rotatable bonds is 16. The van der Waals surface area contributed by atoms with E-state index in [2.05, 4.69) is 11.6 Å². The SMILES string of the molecule is CCCCCCCCCCCCc1ccc(S(=O)(=O)NC(=O)[C@H]2CCCN2C(=O)OCc2ccccc2)cc1. The predicted molar refractivity (Wildman–Crippen MR) is 154 cm³/mol. The van der Waals surface area contributed by atoms with Gasteiger partial charge in [-0.1, -0.05) is 107 Å². The molecule has 0 radical (unpaired) electrons. The molecule has 7 nitrogen and oxygen atoms in total. The van der Waals surface area contributed by atoms with Crippen molar-refractivity contribution in [3.05, 3.63) is 65.7 Å². The number of carbonyl (C=O) groups is 2. The van der Waals surface area contributed by atoms with Crippen LogP contribution in [0, 0.1) is 0 Å². The second-order valence-electron chi connectivity index (χ2n) is 10.4. The Morgan fingerprint density at radius 1 is 0.846 bits per heavy atom. The molecule has 8 heteroatoms. The van der Waals surface area contributed by atoms with E-state index in [0.29, 0.717) is 19.4 Å². The van der Waals surface area contributed by atoms with Gasteiger partial charge in [0.05, 0.1) is 4.90 Å². The van der Waals surface area contributed by atoms with Crippen LogP contribution >= 0.6 is 0 Å². The van der Waals surface area contributed by atoms with E-state index >= 15 is 0 Å². The first-order chi connectivity index (χ1) is 18.9. The lowest BCUT2D eigenvalue weighted by Gasteiger charge is -2.23. The van der Waals surface area contributed by atoms with Gasteiger partial charge in [0.1, 0.15) is 12.6 Å². The van der Waals surface area contributed by atoms with Crippen LogP contribution in [0.3, 0.4) is 0 Å². The molecular weight excluding hydrogens is 512 g/mol. The number of unbranched alkanes of at least 4 members (excludes halogenated alkanes) is 9. The van der Waals surface area contributed by atoms with Gasteiger partial charge in [-0.3, -0.25) is 9.69 Å². The summed E-state index contributed by atoms with van der Waals surface area (Å²) >= 11 is 0. The molecule has 39 heavy (non-hydrogen) atoms.